The van der Waals surface area contributed by atoms with Crippen LogP contribution >= 0.6 is 23.8 Å². The summed E-state index contributed by atoms with van der Waals surface area (Å²) in [5.74, 6) is 0.131. The third-order valence-electron chi connectivity index (χ3n) is 3.86. The molecule has 2 aromatic heterocycles. The fourth-order valence-electron chi connectivity index (χ4n) is 2.62. The summed E-state index contributed by atoms with van der Waals surface area (Å²) in [5.41, 5.74) is 2.01. The van der Waals surface area contributed by atoms with Gasteiger partial charge in [0.15, 0.2) is 5.11 Å². The molecule has 0 fully saturated rings. The minimum Gasteiger partial charge on any atom is -0.467 e. The van der Waals surface area contributed by atoms with E-state index in [9.17, 15) is 4.79 Å². The summed E-state index contributed by atoms with van der Waals surface area (Å²) in [4.78, 5) is 19.5. The number of H-pyrrole nitrogens is 1. The third-order valence-corrected chi connectivity index (χ3v) is 4.30. The highest BCUT2D eigenvalue weighted by molar-refractivity contribution is 7.80. The Hall–Kier alpha value is -2.64. The lowest BCUT2D eigenvalue weighted by Gasteiger charge is -2.18. The predicted octanol–water partition coefficient (Wildman–Crippen LogP) is 3.29. The van der Waals surface area contributed by atoms with Gasteiger partial charge in [0.05, 0.1) is 12.1 Å². The van der Waals surface area contributed by atoms with E-state index in [1.54, 1.807) is 12.1 Å². The van der Waals surface area contributed by atoms with Crippen LogP contribution < -0.4 is 10.6 Å². The van der Waals surface area contributed by atoms with Crippen molar-refractivity contribution in [1.29, 1.82) is 0 Å². The van der Waals surface area contributed by atoms with Gasteiger partial charge < -0.3 is 20.4 Å². The van der Waals surface area contributed by atoms with E-state index < -0.39 is 12.0 Å². The molecule has 0 unspecified atom stereocenters. The van der Waals surface area contributed by atoms with Crippen LogP contribution in [0.3, 0.4) is 0 Å². The molecule has 0 aliphatic carbocycles. The standard InChI is InChI=1S/C18H17ClN4O2S/c1-25-17(24)15(8-11-9-20-14-5-3-2-4-13(11)14)22-18(26)23-16-7-6-12(19)10-21-16/h2-7,9-10,15,20H,8H2,1H3,(H2,21,22,23,26)/t15-/m0/s1. The second kappa shape index (κ2) is 8.16. The first-order chi connectivity index (χ1) is 12.6. The van der Waals surface area contributed by atoms with Gasteiger partial charge in [0.2, 0.25) is 0 Å². The van der Waals surface area contributed by atoms with Crippen LogP contribution in [0.1, 0.15) is 5.56 Å². The summed E-state index contributed by atoms with van der Waals surface area (Å²) in [6.07, 6.45) is 3.82. The molecule has 26 heavy (non-hydrogen) atoms. The zero-order valence-electron chi connectivity index (χ0n) is 14.0. The van der Waals surface area contributed by atoms with E-state index in [0.29, 0.717) is 17.3 Å². The molecular weight excluding hydrogens is 372 g/mol. The van der Waals surface area contributed by atoms with Gasteiger partial charge in [-0.05, 0) is 36.0 Å². The summed E-state index contributed by atoms with van der Waals surface area (Å²) in [6, 6.07) is 10.7. The van der Waals surface area contributed by atoms with Crippen LogP contribution in [0.2, 0.25) is 5.02 Å². The Morgan fingerprint density at radius 1 is 1.35 bits per heavy atom. The number of methoxy groups -OCH3 is 1. The second-order valence-electron chi connectivity index (χ2n) is 5.60. The summed E-state index contributed by atoms with van der Waals surface area (Å²) in [5, 5.41) is 7.78. The minimum absolute atomic E-state index is 0.273. The monoisotopic (exact) mass is 388 g/mol. The zero-order chi connectivity index (χ0) is 18.5. The Balaban J connectivity index is 1.72. The molecular formula is C18H17ClN4O2S. The van der Waals surface area contributed by atoms with Gasteiger partial charge in [-0.3, -0.25) is 0 Å². The normalized spacial score (nSPS) is 11.8. The number of fused-ring (bicyclic) bond motifs is 1. The molecule has 3 aromatic rings. The molecule has 3 N–H and O–H groups in total. The molecule has 0 radical (unpaired) electrons. The number of anilines is 1. The van der Waals surface area contributed by atoms with Gasteiger partial charge in [0, 0.05) is 29.7 Å². The molecule has 0 spiro atoms. The Kier molecular flexibility index (Phi) is 5.70. The molecule has 0 saturated carbocycles. The number of rotatable bonds is 5. The van der Waals surface area contributed by atoms with Crippen molar-refractivity contribution in [3.8, 4) is 0 Å². The average Bonchev–Trinajstić information content (AvgIpc) is 3.05. The van der Waals surface area contributed by atoms with Crippen LogP contribution in [0.15, 0.2) is 48.8 Å². The Bertz CT molecular complexity index is 926. The molecule has 8 heteroatoms. The van der Waals surface area contributed by atoms with Crippen LogP contribution in [0.5, 0.6) is 0 Å². The predicted molar refractivity (Wildman–Crippen MR) is 106 cm³/mol. The highest BCUT2D eigenvalue weighted by Gasteiger charge is 2.22. The van der Waals surface area contributed by atoms with Crippen molar-refractivity contribution in [2.24, 2.45) is 0 Å². The zero-order valence-corrected chi connectivity index (χ0v) is 15.5. The van der Waals surface area contributed by atoms with Crippen molar-refractivity contribution in [2.75, 3.05) is 12.4 Å². The van der Waals surface area contributed by atoms with Crippen LogP contribution in [-0.4, -0.2) is 34.2 Å². The van der Waals surface area contributed by atoms with Gasteiger partial charge in [-0.15, -0.1) is 0 Å². The SMILES string of the molecule is COC(=O)[C@H](Cc1c[nH]c2ccccc12)NC(=S)Nc1ccc(Cl)cn1. The highest BCUT2D eigenvalue weighted by Crippen LogP contribution is 2.19. The summed E-state index contributed by atoms with van der Waals surface area (Å²) >= 11 is 11.1. The van der Waals surface area contributed by atoms with Crippen LogP contribution in [-0.2, 0) is 16.0 Å². The molecule has 1 aromatic carbocycles. The molecule has 0 aliphatic rings. The quantitative estimate of drug-likeness (QED) is 0.460. The van der Waals surface area contributed by atoms with Crippen LogP contribution in [0.25, 0.3) is 10.9 Å². The summed E-state index contributed by atoms with van der Waals surface area (Å²) < 4.78 is 4.91. The van der Waals surface area contributed by atoms with E-state index in [1.165, 1.54) is 13.3 Å². The molecule has 0 bridgehead atoms. The number of halogens is 1. The number of hydrogen-bond donors (Lipinski definition) is 3. The van der Waals surface area contributed by atoms with Gasteiger partial charge in [0.1, 0.15) is 11.9 Å². The van der Waals surface area contributed by atoms with Crippen LogP contribution in [0, 0.1) is 0 Å². The number of para-hydroxylation sites is 1. The lowest BCUT2D eigenvalue weighted by atomic mass is 10.1. The fourth-order valence-corrected chi connectivity index (χ4v) is 2.97. The van der Waals surface area contributed by atoms with Crippen molar-refractivity contribution in [3.05, 3.63) is 59.4 Å². The molecule has 0 aliphatic heterocycles. The number of thiocarbonyl (C=S) groups is 1. The van der Waals surface area contributed by atoms with Gasteiger partial charge in [-0.2, -0.15) is 0 Å². The number of hydrogen-bond acceptors (Lipinski definition) is 4. The van der Waals surface area contributed by atoms with E-state index in [0.717, 1.165) is 16.5 Å². The minimum atomic E-state index is -0.633. The largest absolute Gasteiger partial charge is 0.467 e. The molecule has 3 rings (SSSR count). The van der Waals surface area contributed by atoms with Crippen molar-refractivity contribution in [2.45, 2.75) is 12.5 Å². The second-order valence-corrected chi connectivity index (χ2v) is 6.44. The first kappa shape index (κ1) is 18.2. The molecule has 134 valence electrons. The lowest BCUT2D eigenvalue weighted by molar-refractivity contribution is -0.142. The number of carbonyl (C=O) groups is 1. The third kappa shape index (κ3) is 4.30. The first-order valence-electron chi connectivity index (χ1n) is 7.88. The van der Waals surface area contributed by atoms with E-state index in [4.69, 9.17) is 28.6 Å². The maximum absolute atomic E-state index is 12.2. The van der Waals surface area contributed by atoms with E-state index in [2.05, 4.69) is 20.6 Å². The van der Waals surface area contributed by atoms with Gasteiger partial charge >= 0.3 is 5.97 Å². The number of aromatic nitrogens is 2. The molecule has 0 saturated heterocycles. The van der Waals surface area contributed by atoms with Crippen molar-refractivity contribution in [1.82, 2.24) is 15.3 Å². The lowest BCUT2D eigenvalue weighted by Crippen LogP contribution is -2.44. The molecule has 2 heterocycles. The van der Waals surface area contributed by atoms with Crippen LogP contribution in [0.4, 0.5) is 5.82 Å². The van der Waals surface area contributed by atoms with Gasteiger partial charge in [0.25, 0.3) is 0 Å². The number of nitrogens with one attached hydrogen (secondary N) is 3. The van der Waals surface area contributed by atoms with Gasteiger partial charge in [-0.25, -0.2) is 9.78 Å². The maximum atomic E-state index is 12.2. The smallest absolute Gasteiger partial charge is 0.328 e. The molecule has 1 atom stereocenters. The summed E-state index contributed by atoms with van der Waals surface area (Å²) in [7, 11) is 1.35. The maximum Gasteiger partial charge on any atom is 0.328 e. The number of nitrogens with zero attached hydrogens (tertiary/aromatic N) is 1. The summed E-state index contributed by atoms with van der Waals surface area (Å²) in [6.45, 7) is 0. The van der Waals surface area contributed by atoms with E-state index in [1.807, 2.05) is 30.5 Å². The van der Waals surface area contributed by atoms with Gasteiger partial charge in [-0.1, -0.05) is 29.8 Å². The Morgan fingerprint density at radius 2 is 2.15 bits per heavy atom. The Morgan fingerprint density at radius 3 is 2.88 bits per heavy atom. The highest BCUT2D eigenvalue weighted by atomic mass is 35.5. The number of ether oxygens (including phenoxy) is 1. The van der Waals surface area contributed by atoms with Crippen molar-refractivity contribution in [3.63, 3.8) is 0 Å². The van der Waals surface area contributed by atoms with Crippen molar-refractivity contribution >= 4 is 51.6 Å². The average molecular weight is 389 g/mol. The van der Waals surface area contributed by atoms with E-state index in [-0.39, 0.29) is 5.11 Å². The fraction of sp³-hybridized carbons (Fsp3) is 0.167. The Labute approximate surface area is 160 Å². The number of pyridine rings is 1. The number of aromatic amines is 1. The van der Waals surface area contributed by atoms with Crippen molar-refractivity contribution < 1.29 is 9.53 Å². The molecule has 0 amide bonds. The number of esters is 1. The first-order valence-corrected chi connectivity index (χ1v) is 8.67. The topological polar surface area (TPSA) is 79.0 Å². The number of benzene rings is 1. The number of carbonyl (C=O) groups excluding carboxylic acids is 1. The molecule has 6 nitrogen and oxygen atoms in total. The van der Waals surface area contributed by atoms with E-state index >= 15 is 0 Å².